The van der Waals surface area contributed by atoms with Crippen molar-refractivity contribution in [1.82, 2.24) is 20.1 Å². The van der Waals surface area contributed by atoms with Crippen LogP contribution in [0.2, 0.25) is 5.02 Å². The maximum Gasteiger partial charge on any atom is 0.254 e. The number of thioether (sulfide) groups is 1. The highest BCUT2D eigenvalue weighted by Crippen LogP contribution is 2.28. The predicted molar refractivity (Wildman–Crippen MR) is 130 cm³/mol. The first-order valence-corrected chi connectivity index (χ1v) is 11.6. The van der Waals surface area contributed by atoms with Crippen LogP contribution in [-0.2, 0) is 11.3 Å². The zero-order valence-electron chi connectivity index (χ0n) is 18.5. The van der Waals surface area contributed by atoms with Gasteiger partial charge in [0.2, 0.25) is 5.91 Å². The average Bonchev–Trinajstić information content (AvgIpc) is 3.21. The van der Waals surface area contributed by atoms with Crippen LogP contribution in [0.25, 0.3) is 0 Å². The lowest BCUT2D eigenvalue weighted by atomic mass is 10.2. The van der Waals surface area contributed by atoms with Crippen LogP contribution in [0, 0.1) is 5.82 Å². The molecular weight excluding hydrogens is 481 g/mol. The van der Waals surface area contributed by atoms with Crippen LogP contribution in [-0.4, -0.2) is 39.4 Å². The molecule has 3 aromatic rings. The topological polar surface area (TPSA) is 98.1 Å². The predicted octanol–water partition coefficient (Wildman–Crippen LogP) is 4.49. The summed E-state index contributed by atoms with van der Waals surface area (Å²) in [4.78, 5) is 25.0. The molecule has 0 aliphatic carbocycles. The fourth-order valence-electron chi connectivity index (χ4n) is 3.11. The number of carbonyl (C=O) groups is 2. The number of aromatic nitrogens is 3. The first kappa shape index (κ1) is 25.3. The molecule has 1 heterocycles. The van der Waals surface area contributed by atoms with Crippen LogP contribution in [0.1, 0.15) is 29.1 Å². The van der Waals surface area contributed by atoms with Crippen molar-refractivity contribution >= 4 is 40.9 Å². The Bertz CT molecular complexity index is 1200. The molecule has 0 fully saturated rings. The van der Waals surface area contributed by atoms with Crippen molar-refractivity contribution in [2.24, 2.45) is 0 Å². The number of carbonyl (C=O) groups excluding carboxylic acids is 2. The van der Waals surface area contributed by atoms with E-state index in [1.54, 1.807) is 41.8 Å². The monoisotopic (exact) mass is 503 g/mol. The summed E-state index contributed by atoms with van der Waals surface area (Å²) in [6.45, 7) is 5.82. The number of rotatable bonds is 10. The van der Waals surface area contributed by atoms with Gasteiger partial charge in [-0.05, 0) is 37.3 Å². The summed E-state index contributed by atoms with van der Waals surface area (Å²) < 4.78 is 20.9. The largest absolute Gasteiger partial charge is 0.495 e. The van der Waals surface area contributed by atoms with Gasteiger partial charge in [-0.1, -0.05) is 41.6 Å². The van der Waals surface area contributed by atoms with Crippen molar-refractivity contribution in [2.45, 2.75) is 24.7 Å². The van der Waals surface area contributed by atoms with Gasteiger partial charge in [-0.3, -0.25) is 9.59 Å². The number of methoxy groups -OCH3 is 1. The molecule has 0 spiro atoms. The molecule has 34 heavy (non-hydrogen) atoms. The molecule has 0 radical (unpaired) electrons. The number of ether oxygens (including phenoxy) is 1. The maximum absolute atomic E-state index is 13.9. The molecule has 8 nitrogen and oxygen atoms in total. The Kier molecular flexibility index (Phi) is 8.67. The van der Waals surface area contributed by atoms with Gasteiger partial charge >= 0.3 is 0 Å². The minimum Gasteiger partial charge on any atom is -0.495 e. The normalized spacial score (nSPS) is 11.5. The molecule has 0 saturated heterocycles. The molecule has 2 amide bonds. The third kappa shape index (κ3) is 6.15. The number of nitrogens with zero attached hydrogens (tertiary/aromatic N) is 3. The van der Waals surface area contributed by atoms with Gasteiger partial charge < -0.3 is 19.9 Å². The maximum atomic E-state index is 13.9. The highest BCUT2D eigenvalue weighted by atomic mass is 35.5. The number of amides is 2. The summed E-state index contributed by atoms with van der Waals surface area (Å²) >= 11 is 7.18. The molecular formula is C23H23ClFN5O3S. The van der Waals surface area contributed by atoms with Crippen molar-refractivity contribution in [2.75, 3.05) is 18.2 Å². The molecule has 0 aliphatic heterocycles. The van der Waals surface area contributed by atoms with E-state index in [9.17, 15) is 14.0 Å². The number of anilines is 1. The Labute approximate surface area is 205 Å². The van der Waals surface area contributed by atoms with Crippen LogP contribution >= 0.6 is 23.4 Å². The van der Waals surface area contributed by atoms with E-state index in [1.807, 2.05) is 0 Å². The fourth-order valence-corrected chi connectivity index (χ4v) is 4.03. The lowest BCUT2D eigenvalue weighted by Crippen LogP contribution is -2.29. The Morgan fingerprint density at radius 3 is 2.76 bits per heavy atom. The van der Waals surface area contributed by atoms with Crippen molar-refractivity contribution in [3.05, 3.63) is 77.3 Å². The molecule has 11 heteroatoms. The average molecular weight is 504 g/mol. The summed E-state index contributed by atoms with van der Waals surface area (Å²) in [7, 11) is 1.50. The van der Waals surface area contributed by atoms with E-state index in [2.05, 4.69) is 27.4 Å². The summed E-state index contributed by atoms with van der Waals surface area (Å²) in [5.41, 5.74) is 0.394. The van der Waals surface area contributed by atoms with Gasteiger partial charge in [-0.15, -0.1) is 16.8 Å². The standard InChI is InChI=1S/C23H23ClFN5O3S/c1-4-11-30-21(14(2)26-22(32)16-7-5-6-8-17(16)25)28-29-23(30)34-13-20(31)27-18-12-15(24)9-10-19(18)33-3/h4-10,12,14H,1,11,13H2,2-3H3,(H,26,32)(H,27,31)/t14-/m1/s1. The van der Waals surface area contributed by atoms with Crippen molar-refractivity contribution < 1.29 is 18.7 Å². The fraction of sp³-hybridized carbons (Fsp3) is 0.217. The highest BCUT2D eigenvalue weighted by molar-refractivity contribution is 7.99. The van der Waals surface area contributed by atoms with Crippen LogP contribution in [0.4, 0.5) is 10.1 Å². The lowest BCUT2D eigenvalue weighted by molar-refractivity contribution is -0.113. The molecule has 1 atom stereocenters. The molecule has 0 unspecified atom stereocenters. The molecule has 178 valence electrons. The van der Waals surface area contributed by atoms with Gasteiger partial charge in [0.15, 0.2) is 11.0 Å². The second-order valence-corrected chi connectivity index (χ2v) is 8.48. The minimum atomic E-state index is -0.613. The summed E-state index contributed by atoms with van der Waals surface area (Å²) in [6.07, 6.45) is 1.65. The van der Waals surface area contributed by atoms with Gasteiger partial charge in [0.1, 0.15) is 11.6 Å². The number of benzene rings is 2. The zero-order chi connectivity index (χ0) is 24.7. The Morgan fingerprint density at radius 1 is 1.29 bits per heavy atom. The van der Waals surface area contributed by atoms with Gasteiger partial charge in [0.25, 0.3) is 5.91 Å². The summed E-state index contributed by atoms with van der Waals surface area (Å²) in [5.74, 6) is -0.494. The highest BCUT2D eigenvalue weighted by Gasteiger charge is 2.21. The Morgan fingerprint density at radius 2 is 2.06 bits per heavy atom. The number of hydrogen-bond donors (Lipinski definition) is 2. The third-order valence-corrected chi connectivity index (χ3v) is 5.88. The zero-order valence-corrected chi connectivity index (χ0v) is 20.1. The van der Waals surface area contributed by atoms with Crippen molar-refractivity contribution in [3.8, 4) is 5.75 Å². The van der Waals surface area contributed by atoms with E-state index in [4.69, 9.17) is 16.3 Å². The molecule has 3 rings (SSSR count). The molecule has 2 aromatic carbocycles. The van der Waals surface area contributed by atoms with Gasteiger partial charge in [0, 0.05) is 11.6 Å². The molecule has 2 N–H and O–H groups in total. The summed E-state index contributed by atoms with van der Waals surface area (Å²) in [5, 5.41) is 14.8. The minimum absolute atomic E-state index is 0.0426. The summed E-state index contributed by atoms with van der Waals surface area (Å²) in [6, 6.07) is 10.1. The van der Waals surface area contributed by atoms with Gasteiger partial charge in [-0.25, -0.2) is 4.39 Å². The van der Waals surface area contributed by atoms with E-state index >= 15 is 0 Å². The Balaban J connectivity index is 1.69. The van der Waals surface area contributed by atoms with Gasteiger partial charge in [-0.2, -0.15) is 0 Å². The number of halogens is 2. The van der Waals surface area contributed by atoms with Crippen molar-refractivity contribution in [3.63, 3.8) is 0 Å². The molecule has 0 saturated carbocycles. The molecule has 1 aromatic heterocycles. The second-order valence-electron chi connectivity index (χ2n) is 7.10. The third-order valence-electron chi connectivity index (χ3n) is 4.68. The van der Waals surface area contributed by atoms with Crippen LogP contribution in [0.15, 0.2) is 60.3 Å². The van der Waals surface area contributed by atoms with E-state index in [1.165, 1.54) is 37.1 Å². The van der Waals surface area contributed by atoms with E-state index in [0.717, 1.165) is 0 Å². The van der Waals surface area contributed by atoms with Crippen LogP contribution < -0.4 is 15.4 Å². The van der Waals surface area contributed by atoms with Crippen molar-refractivity contribution in [1.29, 1.82) is 0 Å². The lowest BCUT2D eigenvalue weighted by Gasteiger charge is -2.15. The molecule has 0 bridgehead atoms. The number of nitrogens with one attached hydrogen (secondary N) is 2. The molecule has 0 aliphatic rings. The van der Waals surface area contributed by atoms with Gasteiger partial charge in [0.05, 0.1) is 30.2 Å². The number of allylic oxidation sites excluding steroid dienone is 1. The number of hydrogen-bond acceptors (Lipinski definition) is 6. The first-order valence-electron chi connectivity index (χ1n) is 10.2. The van der Waals surface area contributed by atoms with Crippen LogP contribution in [0.3, 0.4) is 0 Å². The quantitative estimate of drug-likeness (QED) is 0.312. The van der Waals surface area contributed by atoms with E-state index < -0.39 is 17.8 Å². The van der Waals surface area contributed by atoms with E-state index in [-0.39, 0.29) is 17.2 Å². The van der Waals surface area contributed by atoms with Crippen LogP contribution in [0.5, 0.6) is 5.75 Å². The SMILES string of the molecule is C=CCn1c(SCC(=O)Nc2cc(Cl)ccc2OC)nnc1[C@@H](C)NC(=O)c1ccccc1F. The first-order chi connectivity index (χ1) is 16.3. The second kappa shape index (κ2) is 11.7. The Hall–Kier alpha value is -3.37. The smallest absolute Gasteiger partial charge is 0.254 e. The van der Waals surface area contributed by atoms with E-state index in [0.29, 0.717) is 34.0 Å².